The van der Waals surface area contributed by atoms with Crippen molar-refractivity contribution >= 4 is 11.7 Å². The standard InChI is InChI=1S/C22H18F5N3O3/c1-32-18-6-11(14-8-19(31)29-21-16(14)9-28-30-21)2-3-12(18)10-33-17-5-4-13(22(25,26)27)7-15(17)20(23)24/h2-7,9,14,20H,8,10H2,1H3,(H2,28,29,30,31). The Morgan fingerprint density at radius 1 is 1.15 bits per heavy atom. The molecule has 2 N–H and O–H groups in total. The maximum absolute atomic E-state index is 13.3. The second-order valence-corrected chi connectivity index (χ2v) is 7.41. The van der Waals surface area contributed by atoms with E-state index in [1.807, 2.05) is 0 Å². The van der Waals surface area contributed by atoms with Crippen LogP contribution in [0.4, 0.5) is 27.8 Å². The molecule has 2 aromatic carbocycles. The molecule has 4 rings (SSSR count). The maximum atomic E-state index is 13.3. The Morgan fingerprint density at radius 2 is 1.94 bits per heavy atom. The quantitative estimate of drug-likeness (QED) is 0.474. The number of carbonyl (C=O) groups is 1. The average molecular weight is 467 g/mol. The molecule has 1 amide bonds. The molecule has 2 heterocycles. The van der Waals surface area contributed by atoms with Crippen molar-refractivity contribution < 1.29 is 36.2 Å². The van der Waals surface area contributed by atoms with Gasteiger partial charge in [0.25, 0.3) is 6.43 Å². The van der Waals surface area contributed by atoms with Gasteiger partial charge in [-0.15, -0.1) is 0 Å². The number of benzene rings is 2. The molecule has 1 atom stereocenters. The van der Waals surface area contributed by atoms with Gasteiger partial charge in [0.1, 0.15) is 18.1 Å². The number of amides is 1. The third kappa shape index (κ3) is 4.62. The molecule has 0 saturated heterocycles. The molecule has 174 valence electrons. The van der Waals surface area contributed by atoms with Crippen molar-refractivity contribution in [1.29, 1.82) is 0 Å². The predicted molar refractivity (Wildman–Crippen MR) is 107 cm³/mol. The lowest BCUT2D eigenvalue weighted by molar-refractivity contribution is -0.137. The number of alkyl halides is 5. The second kappa shape index (κ2) is 8.72. The van der Waals surface area contributed by atoms with Crippen LogP contribution in [0.25, 0.3) is 0 Å². The maximum Gasteiger partial charge on any atom is 0.416 e. The van der Waals surface area contributed by atoms with Crippen molar-refractivity contribution in [1.82, 2.24) is 10.2 Å². The van der Waals surface area contributed by atoms with Crippen molar-refractivity contribution in [2.75, 3.05) is 12.4 Å². The number of nitrogens with zero attached hydrogens (tertiary/aromatic N) is 1. The molecule has 1 aromatic heterocycles. The molecule has 6 nitrogen and oxygen atoms in total. The SMILES string of the molecule is COc1cc(C2CC(=O)Nc3n[nH]cc32)ccc1COc1ccc(C(F)(F)F)cc1C(F)F. The summed E-state index contributed by atoms with van der Waals surface area (Å²) in [7, 11) is 1.42. The Morgan fingerprint density at radius 3 is 2.64 bits per heavy atom. The van der Waals surface area contributed by atoms with Crippen LogP contribution in [0.2, 0.25) is 0 Å². The first-order valence-electron chi connectivity index (χ1n) is 9.79. The number of methoxy groups -OCH3 is 1. The first-order chi connectivity index (χ1) is 15.7. The number of nitrogens with one attached hydrogen (secondary N) is 2. The predicted octanol–water partition coefficient (Wildman–Crippen LogP) is 5.43. The van der Waals surface area contributed by atoms with Crippen molar-refractivity contribution in [3.8, 4) is 11.5 Å². The fourth-order valence-electron chi connectivity index (χ4n) is 3.72. The zero-order chi connectivity index (χ0) is 23.8. The molecule has 1 aliphatic rings. The summed E-state index contributed by atoms with van der Waals surface area (Å²) in [5.74, 6) is 0.0270. The minimum atomic E-state index is -4.74. The molecule has 3 aromatic rings. The Kier molecular flexibility index (Phi) is 5.96. The number of carbonyl (C=O) groups excluding carboxylic acids is 1. The van der Waals surface area contributed by atoms with Gasteiger partial charge >= 0.3 is 6.18 Å². The molecular weight excluding hydrogens is 449 g/mol. The van der Waals surface area contributed by atoms with E-state index in [-0.39, 0.29) is 30.6 Å². The summed E-state index contributed by atoms with van der Waals surface area (Å²) in [5.41, 5.74) is 0.0558. The van der Waals surface area contributed by atoms with E-state index in [0.29, 0.717) is 29.3 Å². The van der Waals surface area contributed by atoms with Gasteiger partial charge in [0.05, 0.1) is 18.2 Å². The zero-order valence-corrected chi connectivity index (χ0v) is 17.2. The molecule has 0 fully saturated rings. The molecule has 1 aliphatic heterocycles. The molecule has 33 heavy (non-hydrogen) atoms. The van der Waals surface area contributed by atoms with E-state index in [1.165, 1.54) is 7.11 Å². The molecule has 0 bridgehead atoms. The molecule has 0 spiro atoms. The van der Waals surface area contributed by atoms with Crippen LogP contribution in [0, 0.1) is 0 Å². The zero-order valence-electron chi connectivity index (χ0n) is 17.2. The molecule has 0 aliphatic carbocycles. The van der Waals surface area contributed by atoms with Gasteiger partial charge in [0.2, 0.25) is 5.91 Å². The fourth-order valence-corrected chi connectivity index (χ4v) is 3.72. The number of rotatable bonds is 6. The summed E-state index contributed by atoms with van der Waals surface area (Å²) in [6.07, 6.45) is -5.99. The summed E-state index contributed by atoms with van der Waals surface area (Å²) < 4.78 is 76.1. The normalized spacial score (nSPS) is 15.8. The van der Waals surface area contributed by atoms with Gasteiger partial charge in [0, 0.05) is 29.7 Å². The number of aromatic nitrogens is 2. The Hall–Kier alpha value is -3.63. The highest BCUT2D eigenvalue weighted by Gasteiger charge is 2.32. The van der Waals surface area contributed by atoms with Gasteiger partial charge in [-0.3, -0.25) is 9.89 Å². The van der Waals surface area contributed by atoms with Crippen molar-refractivity contribution in [2.24, 2.45) is 0 Å². The van der Waals surface area contributed by atoms with E-state index in [1.54, 1.807) is 24.4 Å². The molecular formula is C22H18F5N3O3. The van der Waals surface area contributed by atoms with Crippen LogP contribution in [-0.2, 0) is 17.6 Å². The van der Waals surface area contributed by atoms with Gasteiger partial charge in [-0.2, -0.15) is 18.3 Å². The van der Waals surface area contributed by atoms with E-state index in [0.717, 1.165) is 17.2 Å². The number of ether oxygens (including phenoxy) is 2. The lowest BCUT2D eigenvalue weighted by atomic mass is 9.87. The van der Waals surface area contributed by atoms with Gasteiger partial charge < -0.3 is 14.8 Å². The van der Waals surface area contributed by atoms with Crippen LogP contribution in [0.5, 0.6) is 11.5 Å². The van der Waals surface area contributed by atoms with Crippen LogP contribution in [0.15, 0.2) is 42.6 Å². The third-order valence-corrected chi connectivity index (χ3v) is 5.36. The van der Waals surface area contributed by atoms with Crippen LogP contribution in [-0.4, -0.2) is 23.2 Å². The number of hydrogen-bond acceptors (Lipinski definition) is 4. The van der Waals surface area contributed by atoms with Crippen molar-refractivity contribution in [3.05, 3.63) is 70.4 Å². The van der Waals surface area contributed by atoms with Gasteiger partial charge in [-0.05, 0) is 29.8 Å². The van der Waals surface area contributed by atoms with Crippen LogP contribution < -0.4 is 14.8 Å². The topological polar surface area (TPSA) is 76.2 Å². The van der Waals surface area contributed by atoms with Gasteiger partial charge in [0.15, 0.2) is 5.82 Å². The minimum Gasteiger partial charge on any atom is -0.496 e. The summed E-state index contributed by atoms with van der Waals surface area (Å²) >= 11 is 0. The van der Waals surface area contributed by atoms with E-state index >= 15 is 0 Å². The number of hydrogen-bond donors (Lipinski definition) is 2. The van der Waals surface area contributed by atoms with E-state index in [2.05, 4.69) is 15.5 Å². The van der Waals surface area contributed by atoms with Gasteiger partial charge in [-0.25, -0.2) is 8.78 Å². The van der Waals surface area contributed by atoms with E-state index < -0.39 is 23.7 Å². The van der Waals surface area contributed by atoms with E-state index in [9.17, 15) is 26.7 Å². The fraction of sp³-hybridized carbons (Fsp3) is 0.273. The van der Waals surface area contributed by atoms with Crippen molar-refractivity contribution in [3.63, 3.8) is 0 Å². The van der Waals surface area contributed by atoms with Crippen LogP contribution >= 0.6 is 0 Å². The lowest BCUT2D eigenvalue weighted by Crippen LogP contribution is -2.23. The first-order valence-corrected chi connectivity index (χ1v) is 9.79. The molecule has 0 radical (unpaired) electrons. The number of H-pyrrole nitrogens is 1. The summed E-state index contributed by atoms with van der Waals surface area (Å²) in [6.45, 7) is -0.212. The Labute approximate surface area is 184 Å². The molecule has 0 saturated carbocycles. The average Bonchev–Trinajstić information content (AvgIpc) is 3.24. The summed E-state index contributed by atoms with van der Waals surface area (Å²) in [5, 5.41) is 9.41. The lowest BCUT2D eigenvalue weighted by Gasteiger charge is -2.23. The largest absolute Gasteiger partial charge is 0.496 e. The number of aromatic amines is 1. The van der Waals surface area contributed by atoms with Crippen LogP contribution in [0.3, 0.4) is 0 Å². The van der Waals surface area contributed by atoms with E-state index in [4.69, 9.17) is 9.47 Å². The van der Waals surface area contributed by atoms with Gasteiger partial charge in [-0.1, -0.05) is 12.1 Å². The first kappa shape index (κ1) is 22.6. The summed E-state index contributed by atoms with van der Waals surface area (Å²) in [4.78, 5) is 12.0. The highest BCUT2D eigenvalue weighted by Crippen LogP contribution is 2.39. The number of halogens is 5. The number of anilines is 1. The third-order valence-electron chi connectivity index (χ3n) is 5.36. The molecule has 11 heteroatoms. The summed E-state index contributed by atoms with van der Waals surface area (Å²) in [6, 6.07) is 7.08. The monoisotopic (exact) mass is 467 g/mol. The highest BCUT2D eigenvalue weighted by molar-refractivity contribution is 5.94. The highest BCUT2D eigenvalue weighted by atomic mass is 19.4. The number of fused-ring (bicyclic) bond motifs is 1. The Balaban J connectivity index is 1.58. The minimum absolute atomic E-state index is 0.187. The van der Waals surface area contributed by atoms with Crippen molar-refractivity contribution in [2.45, 2.75) is 31.5 Å². The Bertz CT molecular complexity index is 1180. The van der Waals surface area contributed by atoms with Crippen LogP contribution in [0.1, 0.15) is 46.6 Å². The second-order valence-electron chi connectivity index (χ2n) is 7.41. The smallest absolute Gasteiger partial charge is 0.416 e. The molecule has 1 unspecified atom stereocenters.